The maximum atomic E-state index is 12.9. The molecule has 3 aliphatic carbocycles. The molecule has 0 spiro atoms. The Kier molecular flexibility index (Phi) is 5.06. The number of hydrogen-bond donors (Lipinski definition) is 1. The summed E-state index contributed by atoms with van der Waals surface area (Å²) in [6.07, 6.45) is 5.24. The minimum atomic E-state index is -3.30. The lowest BCUT2D eigenvalue weighted by atomic mass is 9.58. The molecular weight excluding hydrogens is 414 g/mol. The van der Waals surface area contributed by atoms with Gasteiger partial charge < -0.3 is 5.32 Å². The van der Waals surface area contributed by atoms with Crippen LogP contribution in [0.4, 0.5) is 0 Å². The van der Waals surface area contributed by atoms with Crippen molar-refractivity contribution in [2.24, 2.45) is 10.8 Å². The first-order valence-corrected chi connectivity index (χ1v) is 11.7. The molecule has 1 N–H and O–H groups in total. The van der Waals surface area contributed by atoms with Crippen molar-refractivity contribution in [3.05, 3.63) is 28.7 Å². The van der Waals surface area contributed by atoms with E-state index < -0.39 is 15.3 Å². The van der Waals surface area contributed by atoms with Crippen LogP contribution in [0.15, 0.2) is 33.6 Å². The molecule has 144 valence electrons. The molecule has 6 heteroatoms. The van der Waals surface area contributed by atoms with Crippen LogP contribution in [0.2, 0.25) is 0 Å². The van der Waals surface area contributed by atoms with E-state index in [0.717, 1.165) is 43.0 Å². The summed E-state index contributed by atoms with van der Waals surface area (Å²) in [6.45, 7) is 5.79. The van der Waals surface area contributed by atoms with Crippen molar-refractivity contribution in [1.82, 2.24) is 5.32 Å². The molecule has 1 aromatic carbocycles. The second-order valence-electron chi connectivity index (χ2n) is 9.20. The fourth-order valence-corrected chi connectivity index (χ4v) is 6.44. The lowest BCUT2D eigenvalue weighted by Gasteiger charge is -2.54. The molecular formula is C20H28BrNO3S. The molecule has 3 saturated carbocycles. The van der Waals surface area contributed by atoms with Crippen LogP contribution in [-0.4, -0.2) is 25.6 Å². The van der Waals surface area contributed by atoms with Crippen molar-refractivity contribution >= 4 is 31.7 Å². The van der Waals surface area contributed by atoms with Gasteiger partial charge in [0.05, 0.1) is 10.6 Å². The quantitative estimate of drug-likeness (QED) is 0.748. The summed E-state index contributed by atoms with van der Waals surface area (Å²) >= 11 is 3.35. The van der Waals surface area contributed by atoms with Crippen LogP contribution in [0, 0.1) is 10.8 Å². The molecule has 0 aliphatic heterocycles. The van der Waals surface area contributed by atoms with E-state index in [4.69, 9.17) is 0 Å². The lowest BCUT2D eigenvalue weighted by molar-refractivity contribution is -0.132. The molecule has 0 atom stereocenters. The summed E-state index contributed by atoms with van der Waals surface area (Å²) in [5.74, 6) is 0.305. The predicted molar refractivity (Wildman–Crippen MR) is 107 cm³/mol. The van der Waals surface area contributed by atoms with Crippen molar-refractivity contribution in [2.45, 2.75) is 69.7 Å². The van der Waals surface area contributed by atoms with Gasteiger partial charge in [-0.05, 0) is 68.2 Å². The standard InChI is InChI=1S/C20H28BrNO3S/c1-18(2,3)17(23)22-20-11-8-19(9-12-20,10-13-20)14-26(24,25)16-6-4-15(21)5-7-16/h4-7H,8-14H2,1-3H3,(H,22,23). The molecule has 3 aliphatic rings. The zero-order valence-corrected chi connectivity index (χ0v) is 18.2. The Hall–Kier alpha value is -0.880. The minimum Gasteiger partial charge on any atom is -0.350 e. The maximum Gasteiger partial charge on any atom is 0.225 e. The van der Waals surface area contributed by atoms with E-state index in [1.54, 1.807) is 24.3 Å². The van der Waals surface area contributed by atoms with E-state index in [1.807, 2.05) is 20.8 Å². The number of rotatable bonds is 4. The largest absolute Gasteiger partial charge is 0.350 e. The number of benzene rings is 1. The Morgan fingerprint density at radius 1 is 1.04 bits per heavy atom. The Morgan fingerprint density at radius 2 is 1.54 bits per heavy atom. The summed E-state index contributed by atoms with van der Waals surface area (Å²) in [4.78, 5) is 12.8. The van der Waals surface area contributed by atoms with E-state index in [2.05, 4.69) is 21.2 Å². The Balaban J connectivity index is 1.70. The van der Waals surface area contributed by atoms with Crippen LogP contribution in [0.25, 0.3) is 0 Å². The van der Waals surface area contributed by atoms with Gasteiger partial charge in [0.1, 0.15) is 0 Å². The van der Waals surface area contributed by atoms with E-state index >= 15 is 0 Å². The Morgan fingerprint density at radius 3 is 2.00 bits per heavy atom. The molecule has 2 bridgehead atoms. The number of hydrogen-bond acceptors (Lipinski definition) is 3. The molecule has 4 rings (SSSR count). The minimum absolute atomic E-state index is 0.0920. The van der Waals surface area contributed by atoms with Crippen molar-refractivity contribution < 1.29 is 13.2 Å². The van der Waals surface area contributed by atoms with E-state index in [0.29, 0.717) is 4.90 Å². The van der Waals surface area contributed by atoms with E-state index in [9.17, 15) is 13.2 Å². The Bertz CT molecular complexity index is 769. The highest BCUT2D eigenvalue weighted by Crippen LogP contribution is 2.53. The van der Waals surface area contributed by atoms with Crippen LogP contribution >= 0.6 is 15.9 Å². The molecule has 4 nitrogen and oxygen atoms in total. The summed E-state index contributed by atoms with van der Waals surface area (Å²) in [7, 11) is -3.30. The van der Waals surface area contributed by atoms with Gasteiger partial charge in [-0.2, -0.15) is 0 Å². The van der Waals surface area contributed by atoms with Gasteiger partial charge in [0.2, 0.25) is 5.91 Å². The third-order valence-corrected chi connectivity index (χ3v) is 8.64. The first kappa shape index (κ1) is 19.9. The van der Waals surface area contributed by atoms with Crippen molar-refractivity contribution in [3.63, 3.8) is 0 Å². The first-order valence-electron chi connectivity index (χ1n) is 9.27. The van der Waals surface area contributed by atoms with Crippen LogP contribution < -0.4 is 5.32 Å². The lowest BCUT2D eigenvalue weighted by Crippen LogP contribution is -2.59. The number of amides is 1. The predicted octanol–water partition coefficient (Wildman–Crippen LogP) is 4.48. The average molecular weight is 442 g/mol. The summed E-state index contributed by atoms with van der Waals surface area (Å²) in [5.41, 5.74) is -0.667. The number of nitrogens with one attached hydrogen (secondary N) is 1. The van der Waals surface area contributed by atoms with Gasteiger partial charge >= 0.3 is 0 Å². The zero-order chi connectivity index (χ0) is 19.2. The van der Waals surface area contributed by atoms with Crippen molar-refractivity contribution in [1.29, 1.82) is 0 Å². The highest BCUT2D eigenvalue weighted by molar-refractivity contribution is 9.10. The van der Waals surface area contributed by atoms with Gasteiger partial charge in [-0.25, -0.2) is 8.42 Å². The smallest absolute Gasteiger partial charge is 0.225 e. The zero-order valence-electron chi connectivity index (χ0n) is 15.8. The van der Waals surface area contributed by atoms with Crippen LogP contribution in [0.5, 0.6) is 0 Å². The van der Waals surface area contributed by atoms with Gasteiger partial charge in [0, 0.05) is 15.4 Å². The van der Waals surface area contributed by atoms with Gasteiger partial charge in [0.15, 0.2) is 9.84 Å². The molecule has 0 saturated heterocycles. The molecule has 0 radical (unpaired) electrons. The average Bonchev–Trinajstić information content (AvgIpc) is 2.55. The number of carbonyl (C=O) groups is 1. The van der Waals surface area contributed by atoms with Gasteiger partial charge in [-0.15, -0.1) is 0 Å². The van der Waals surface area contributed by atoms with Crippen LogP contribution in [-0.2, 0) is 14.6 Å². The van der Waals surface area contributed by atoms with Gasteiger partial charge in [-0.1, -0.05) is 36.7 Å². The molecule has 1 amide bonds. The molecule has 0 aromatic heterocycles. The van der Waals surface area contributed by atoms with Crippen molar-refractivity contribution in [2.75, 3.05) is 5.75 Å². The van der Waals surface area contributed by atoms with Gasteiger partial charge in [0.25, 0.3) is 0 Å². The van der Waals surface area contributed by atoms with E-state index in [1.165, 1.54) is 0 Å². The highest BCUT2D eigenvalue weighted by Gasteiger charge is 2.51. The Labute approximate surface area is 165 Å². The third-order valence-electron chi connectivity index (χ3n) is 6.13. The van der Waals surface area contributed by atoms with Crippen LogP contribution in [0.1, 0.15) is 59.3 Å². The summed E-state index contributed by atoms with van der Waals surface area (Å²) in [6, 6.07) is 6.91. The fraction of sp³-hybridized carbons (Fsp3) is 0.650. The second-order valence-corrected chi connectivity index (χ2v) is 12.1. The highest BCUT2D eigenvalue weighted by atomic mass is 79.9. The number of carbonyl (C=O) groups excluding carboxylic acids is 1. The SMILES string of the molecule is CC(C)(C)C(=O)NC12CCC(CS(=O)(=O)c3ccc(Br)cc3)(CC1)CC2. The van der Waals surface area contributed by atoms with E-state index in [-0.39, 0.29) is 22.6 Å². The summed E-state index contributed by atoms with van der Waals surface area (Å²) < 4.78 is 26.7. The number of fused-ring (bicyclic) bond motifs is 3. The molecule has 1 aromatic rings. The number of sulfone groups is 1. The van der Waals surface area contributed by atoms with Gasteiger partial charge in [-0.3, -0.25) is 4.79 Å². The first-order chi connectivity index (χ1) is 12.0. The number of halogens is 1. The molecule has 0 unspecified atom stereocenters. The topological polar surface area (TPSA) is 63.2 Å². The van der Waals surface area contributed by atoms with Crippen LogP contribution in [0.3, 0.4) is 0 Å². The maximum absolute atomic E-state index is 12.9. The molecule has 3 fully saturated rings. The normalized spacial score (nSPS) is 28.8. The fourth-order valence-electron chi connectivity index (χ4n) is 4.22. The van der Waals surface area contributed by atoms with Crippen molar-refractivity contribution in [3.8, 4) is 0 Å². The molecule has 0 heterocycles. The molecule has 26 heavy (non-hydrogen) atoms. The second kappa shape index (κ2) is 6.62. The third kappa shape index (κ3) is 4.01. The monoisotopic (exact) mass is 441 g/mol. The summed E-state index contributed by atoms with van der Waals surface area (Å²) in [5, 5.41) is 3.28.